The number of aromatic nitrogens is 2. The quantitative estimate of drug-likeness (QED) is 0.299. The SMILES string of the molecule is C=CC(=O)Nc1cc(Nc2cc(N3OCCC3c3cccc(F)c3)ncn2)c(OC)cc1N1CCC(N2CCN(CC)CC2)CC1. The van der Waals surface area contributed by atoms with Gasteiger partial charge in [0.15, 0.2) is 5.82 Å². The van der Waals surface area contributed by atoms with Gasteiger partial charge in [0.2, 0.25) is 5.91 Å². The molecule has 0 spiro atoms. The van der Waals surface area contributed by atoms with Crippen molar-refractivity contribution in [2.45, 2.75) is 38.3 Å². The van der Waals surface area contributed by atoms with Crippen LogP contribution in [0.4, 0.5) is 33.1 Å². The molecule has 6 rings (SSSR count). The number of rotatable bonds is 10. The third-order valence-corrected chi connectivity index (χ3v) is 9.22. The van der Waals surface area contributed by atoms with E-state index in [1.807, 2.05) is 18.2 Å². The van der Waals surface area contributed by atoms with Crippen molar-refractivity contribution in [3.8, 4) is 5.75 Å². The molecule has 1 atom stereocenters. The number of piperazine rings is 1. The fourth-order valence-corrected chi connectivity index (χ4v) is 6.68. The van der Waals surface area contributed by atoms with Crippen molar-refractivity contribution in [1.29, 1.82) is 0 Å². The number of hydrogen-bond acceptors (Lipinski definition) is 10. The molecule has 3 saturated heterocycles. The second kappa shape index (κ2) is 14.4. The van der Waals surface area contributed by atoms with Gasteiger partial charge in [-0.15, -0.1) is 0 Å². The van der Waals surface area contributed by atoms with Crippen LogP contribution in [0.15, 0.2) is 61.4 Å². The smallest absolute Gasteiger partial charge is 0.247 e. The number of likely N-dealkylation sites (N-methyl/N-ethyl adjacent to an activating group) is 1. The lowest BCUT2D eigenvalue weighted by atomic mass is 10.0. The topological polar surface area (TPSA) is 98.3 Å². The summed E-state index contributed by atoms with van der Waals surface area (Å²) in [4.78, 5) is 34.8. The minimum atomic E-state index is -0.292. The predicted molar refractivity (Wildman–Crippen MR) is 178 cm³/mol. The Morgan fingerprint density at radius 1 is 1.07 bits per heavy atom. The summed E-state index contributed by atoms with van der Waals surface area (Å²) in [6, 6.07) is 12.5. The first kappa shape index (κ1) is 31.7. The van der Waals surface area contributed by atoms with Gasteiger partial charge in [0.25, 0.3) is 0 Å². The number of nitrogens with one attached hydrogen (secondary N) is 2. The predicted octanol–water partition coefficient (Wildman–Crippen LogP) is 4.98. The maximum absolute atomic E-state index is 14.0. The van der Waals surface area contributed by atoms with E-state index >= 15 is 0 Å². The van der Waals surface area contributed by atoms with Crippen molar-refractivity contribution in [1.82, 2.24) is 19.8 Å². The normalized spacial score (nSPS) is 19.7. The summed E-state index contributed by atoms with van der Waals surface area (Å²) in [5.41, 5.74) is 3.00. The average Bonchev–Trinajstić information content (AvgIpc) is 3.59. The maximum Gasteiger partial charge on any atom is 0.247 e. The molecule has 1 aromatic heterocycles. The average molecular weight is 631 g/mol. The third kappa shape index (κ3) is 7.09. The number of anilines is 5. The largest absolute Gasteiger partial charge is 0.494 e. The van der Waals surface area contributed by atoms with Crippen LogP contribution in [-0.4, -0.2) is 91.2 Å². The summed E-state index contributed by atoms with van der Waals surface area (Å²) >= 11 is 0. The zero-order valence-electron chi connectivity index (χ0n) is 26.6. The number of carbonyl (C=O) groups is 1. The highest BCUT2D eigenvalue weighted by Gasteiger charge is 2.31. The van der Waals surface area contributed by atoms with Crippen LogP contribution >= 0.6 is 0 Å². The first-order valence-electron chi connectivity index (χ1n) is 16.1. The van der Waals surface area contributed by atoms with E-state index in [0.717, 1.165) is 69.9 Å². The molecule has 3 aliphatic heterocycles. The highest BCUT2D eigenvalue weighted by atomic mass is 19.1. The highest BCUT2D eigenvalue weighted by molar-refractivity contribution is 6.02. The van der Waals surface area contributed by atoms with Gasteiger partial charge in [-0.05, 0) is 49.2 Å². The van der Waals surface area contributed by atoms with Crippen LogP contribution in [0.25, 0.3) is 0 Å². The lowest BCUT2D eigenvalue weighted by molar-refractivity contribution is -0.111. The van der Waals surface area contributed by atoms with Crippen molar-refractivity contribution >= 4 is 34.6 Å². The van der Waals surface area contributed by atoms with Crippen molar-refractivity contribution in [3.63, 3.8) is 0 Å². The Balaban J connectivity index is 1.21. The van der Waals surface area contributed by atoms with Gasteiger partial charge in [-0.25, -0.2) is 19.4 Å². The molecule has 0 aliphatic carbocycles. The lowest BCUT2D eigenvalue weighted by Crippen LogP contribution is -2.53. The van der Waals surface area contributed by atoms with Gasteiger partial charge in [-0.2, -0.15) is 0 Å². The molecule has 0 radical (unpaired) electrons. The molecule has 244 valence electrons. The van der Waals surface area contributed by atoms with E-state index in [0.29, 0.717) is 47.8 Å². The zero-order chi connectivity index (χ0) is 32.0. The minimum absolute atomic E-state index is 0.182. The summed E-state index contributed by atoms with van der Waals surface area (Å²) < 4.78 is 19.8. The number of benzene rings is 2. The summed E-state index contributed by atoms with van der Waals surface area (Å²) in [5, 5.41) is 8.05. The van der Waals surface area contributed by atoms with Crippen LogP contribution in [0.3, 0.4) is 0 Å². The molecule has 11 nitrogen and oxygen atoms in total. The Hall–Kier alpha value is -4.26. The monoisotopic (exact) mass is 630 g/mol. The third-order valence-electron chi connectivity index (χ3n) is 9.22. The van der Waals surface area contributed by atoms with Gasteiger partial charge in [0.05, 0.1) is 36.8 Å². The maximum atomic E-state index is 14.0. The first-order chi connectivity index (χ1) is 22.4. The second-order valence-corrected chi connectivity index (χ2v) is 11.9. The van der Waals surface area contributed by atoms with Crippen molar-refractivity contribution in [2.75, 3.05) is 80.1 Å². The minimum Gasteiger partial charge on any atom is -0.494 e. The fourth-order valence-electron chi connectivity index (χ4n) is 6.68. The molecule has 2 aromatic carbocycles. The molecular formula is C34H43FN8O3. The molecule has 3 fully saturated rings. The van der Waals surface area contributed by atoms with Gasteiger partial charge < -0.3 is 25.2 Å². The summed E-state index contributed by atoms with van der Waals surface area (Å²) in [6.07, 6.45) is 5.54. The van der Waals surface area contributed by atoms with Crippen LogP contribution in [-0.2, 0) is 9.63 Å². The van der Waals surface area contributed by atoms with Crippen molar-refractivity contribution in [2.24, 2.45) is 0 Å². The number of hydrogen-bond donors (Lipinski definition) is 2. The van der Waals surface area contributed by atoms with E-state index in [1.54, 1.807) is 24.3 Å². The number of halogens is 1. The second-order valence-electron chi connectivity index (χ2n) is 11.9. The Bertz CT molecular complexity index is 1520. The van der Waals surface area contributed by atoms with Crippen LogP contribution < -0.4 is 25.3 Å². The van der Waals surface area contributed by atoms with Crippen LogP contribution in [0.2, 0.25) is 0 Å². The Kier molecular flexibility index (Phi) is 9.96. The van der Waals surface area contributed by atoms with E-state index in [9.17, 15) is 9.18 Å². The fraction of sp³-hybridized carbons (Fsp3) is 0.441. The summed E-state index contributed by atoms with van der Waals surface area (Å²) in [7, 11) is 1.63. The van der Waals surface area contributed by atoms with Crippen LogP contribution in [0, 0.1) is 5.82 Å². The van der Waals surface area contributed by atoms with Gasteiger partial charge >= 0.3 is 0 Å². The van der Waals surface area contributed by atoms with E-state index in [2.05, 4.69) is 48.8 Å². The van der Waals surface area contributed by atoms with E-state index < -0.39 is 0 Å². The van der Waals surface area contributed by atoms with E-state index in [1.165, 1.54) is 24.5 Å². The molecule has 0 bridgehead atoms. The number of ether oxygens (including phenoxy) is 1. The summed E-state index contributed by atoms with van der Waals surface area (Å²) in [5.74, 6) is 1.08. The lowest BCUT2D eigenvalue weighted by Gasteiger charge is -2.43. The standard InChI is InChI=1S/C34H43FN8O3/c1-4-34(44)39-27-20-28(31(45-3)21-30(27)42-12-9-26(10-13-42)41-16-14-40(5-2)15-17-41)38-32-22-33(37-23-36-32)43-29(11-18-46-43)24-7-6-8-25(35)19-24/h4,6-8,19-23,26,29H,1,5,9-18H2,2-3H3,(H,39,44)(H,36,37,38). The molecule has 1 amide bonds. The van der Waals surface area contributed by atoms with Crippen molar-refractivity contribution in [3.05, 3.63) is 72.8 Å². The van der Waals surface area contributed by atoms with Gasteiger partial charge in [-0.1, -0.05) is 25.6 Å². The number of nitrogens with zero attached hydrogens (tertiary/aromatic N) is 6. The zero-order valence-corrected chi connectivity index (χ0v) is 26.6. The number of methoxy groups -OCH3 is 1. The number of hydroxylamine groups is 1. The van der Waals surface area contributed by atoms with Gasteiger partial charge in [0, 0.05) is 63.9 Å². The highest BCUT2D eigenvalue weighted by Crippen LogP contribution is 2.40. The molecule has 2 N–H and O–H groups in total. The van der Waals surface area contributed by atoms with E-state index in [-0.39, 0.29) is 17.8 Å². The molecule has 3 aromatic rings. The number of amides is 1. The van der Waals surface area contributed by atoms with Crippen LogP contribution in [0.1, 0.15) is 37.8 Å². The molecule has 46 heavy (non-hydrogen) atoms. The van der Waals surface area contributed by atoms with Gasteiger partial charge in [-0.3, -0.25) is 14.5 Å². The van der Waals surface area contributed by atoms with E-state index in [4.69, 9.17) is 9.57 Å². The molecule has 0 saturated carbocycles. The summed E-state index contributed by atoms with van der Waals surface area (Å²) in [6.45, 7) is 13.7. The Labute approximate surface area is 269 Å². The Morgan fingerprint density at radius 2 is 1.87 bits per heavy atom. The molecule has 1 unspecified atom stereocenters. The van der Waals surface area contributed by atoms with Crippen molar-refractivity contribution < 1.29 is 18.8 Å². The molecular weight excluding hydrogens is 587 g/mol. The number of piperidine rings is 1. The molecule has 3 aliphatic rings. The van der Waals surface area contributed by atoms with Crippen LogP contribution in [0.5, 0.6) is 5.75 Å². The number of carbonyl (C=O) groups excluding carboxylic acids is 1. The Morgan fingerprint density at radius 3 is 2.59 bits per heavy atom. The van der Waals surface area contributed by atoms with Gasteiger partial charge in [0.1, 0.15) is 23.7 Å². The first-order valence-corrected chi connectivity index (χ1v) is 16.1. The molecule has 12 heteroatoms. The molecule has 4 heterocycles.